The fourth-order valence-corrected chi connectivity index (χ4v) is 3.70. The minimum Gasteiger partial charge on any atom is -0.459 e. The summed E-state index contributed by atoms with van der Waals surface area (Å²) in [5, 5.41) is 8.32. The summed E-state index contributed by atoms with van der Waals surface area (Å²) in [7, 11) is 0. The lowest BCUT2D eigenvalue weighted by Gasteiger charge is -2.33. The molecule has 24 heavy (non-hydrogen) atoms. The number of aromatic nitrogens is 2. The van der Waals surface area contributed by atoms with Crippen molar-refractivity contribution in [2.75, 3.05) is 13.1 Å². The normalized spacial score (nSPS) is 29.7. The number of piperidine rings is 1. The van der Waals surface area contributed by atoms with E-state index in [2.05, 4.69) is 10.2 Å². The largest absolute Gasteiger partial charge is 0.459 e. The number of hydrogen-bond donors (Lipinski definition) is 0. The number of hydrogen-bond acceptors (Lipinski definition) is 6. The van der Waals surface area contributed by atoms with Crippen LogP contribution in [0.15, 0.2) is 27.2 Å². The van der Waals surface area contributed by atoms with Crippen molar-refractivity contribution in [2.45, 2.75) is 43.8 Å². The first-order valence-corrected chi connectivity index (χ1v) is 8.59. The molecule has 3 aliphatic rings. The maximum Gasteiger partial charge on any atom is 0.289 e. The molecule has 2 aromatic heterocycles. The topological polar surface area (TPSA) is 81.6 Å². The third-order valence-corrected chi connectivity index (χ3v) is 5.23. The second kappa shape index (κ2) is 5.44. The van der Waals surface area contributed by atoms with E-state index in [1.54, 1.807) is 12.1 Å². The number of carbonyl (C=O) groups excluding carboxylic acids is 1. The molecule has 7 heteroatoms. The molecule has 0 N–H and O–H groups in total. The lowest BCUT2D eigenvalue weighted by molar-refractivity contribution is -0.0131. The van der Waals surface area contributed by atoms with Crippen molar-refractivity contribution >= 4 is 5.91 Å². The fraction of sp³-hybridized carbons (Fsp3) is 0.588. The molecule has 3 fully saturated rings. The molecule has 7 nitrogen and oxygen atoms in total. The van der Waals surface area contributed by atoms with Gasteiger partial charge in [0.25, 0.3) is 5.91 Å². The maximum atomic E-state index is 12.4. The number of ether oxygens (including phenoxy) is 1. The predicted molar refractivity (Wildman–Crippen MR) is 81.2 cm³/mol. The first-order valence-electron chi connectivity index (χ1n) is 8.59. The standard InChI is InChI=1S/C17H19N3O4/c21-17(12-2-1-7-22-12)20-6-5-11-8-13(23-14(11)9-20)16-19-18-15(24-16)10-3-4-10/h1-2,7,10-11,13-14H,3-6,8-9H2/t11-,13+,14+/m0/s1. The highest BCUT2D eigenvalue weighted by Gasteiger charge is 2.43. The molecular weight excluding hydrogens is 310 g/mol. The first kappa shape index (κ1) is 14.2. The second-order valence-corrected chi connectivity index (χ2v) is 6.93. The zero-order valence-electron chi connectivity index (χ0n) is 13.3. The quantitative estimate of drug-likeness (QED) is 0.860. The third kappa shape index (κ3) is 2.43. The molecule has 5 rings (SSSR count). The summed E-state index contributed by atoms with van der Waals surface area (Å²) in [6.07, 6.45) is 5.51. The third-order valence-electron chi connectivity index (χ3n) is 5.23. The van der Waals surface area contributed by atoms with Crippen molar-refractivity contribution in [1.29, 1.82) is 0 Å². The van der Waals surface area contributed by atoms with Crippen LogP contribution in [-0.4, -0.2) is 40.2 Å². The summed E-state index contributed by atoms with van der Waals surface area (Å²) >= 11 is 0. The number of likely N-dealkylation sites (tertiary alicyclic amines) is 1. The summed E-state index contributed by atoms with van der Waals surface area (Å²) in [4.78, 5) is 14.2. The average molecular weight is 329 g/mol. The summed E-state index contributed by atoms with van der Waals surface area (Å²) < 4.78 is 17.1. The van der Waals surface area contributed by atoms with Gasteiger partial charge >= 0.3 is 0 Å². The maximum absolute atomic E-state index is 12.4. The van der Waals surface area contributed by atoms with Crippen LogP contribution in [0.4, 0.5) is 0 Å². The van der Waals surface area contributed by atoms with Gasteiger partial charge < -0.3 is 18.5 Å². The van der Waals surface area contributed by atoms with E-state index in [1.807, 2.05) is 4.90 Å². The Labute approximate surface area is 139 Å². The molecule has 2 saturated heterocycles. The summed E-state index contributed by atoms with van der Waals surface area (Å²) in [6, 6.07) is 3.43. The molecule has 2 aliphatic heterocycles. The molecule has 0 aromatic carbocycles. The SMILES string of the molecule is O=C(c1ccco1)N1CC[C@H]2C[C@H](c3nnc(C4CC4)o3)O[C@@H]2C1. The molecule has 0 radical (unpaired) electrons. The zero-order valence-corrected chi connectivity index (χ0v) is 13.3. The van der Waals surface area contributed by atoms with Gasteiger partial charge in [-0.1, -0.05) is 0 Å². The fourth-order valence-electron chi connectivity index (χ4n) is 3.70. The Morgan fingerprint density at radius 2 is 2.08 bits per heavy atom. The Hall–Kier alpha value is -2.15. The Morgan fingerprint density at radius 3 is 2.88 bits per heavy atom. The molecule has 0 spiro atoms. The summed E-state index contributed by atoms with van der Waals surface area (Å²) in [6.45, 7) is 1.32. The Balaban J connectivity index is 1.26. The molecule has 4 heterocycles. The molecule has 1 aliphatic carbocycles. The van der Waals surface area contributed by atoms with E-state index < -0.39 is 0 Å². The first-order chi connectivity index (χ1) is 11.8. The van der Waals surface area contributed by atoms with Crippen molar-refractivity contribution < 1.29 is 18.4 Å². The van der Waals surface area contributed by atoms with Gasteiger partial charge in [-0.25, -0.2) is 0 Å². The van der Waals surface area contributed by atoms with Crippen molar-refractivity contribution in [3.8, 4) is 0 Å². The molecule has 126 valence electrons. The van der Waals surface area contributed by atoms with Gasteiger partial charge in [0.15, 0.2) is 5.76 Å². The highest BCUT2D eigenvalue weighted by atomic mass is 16.5. The Kier molecular flexibility index (Phi) is 3.22. The summed E-state index contributed by atoms with van der Waals surface area (Å²) in [5.41, 5.74) is 0. The Morgan fingerprint density at radius 1 is 1.21 bits per heavy atom. The minimum atomic E-state index is -0.140. The van der Waals surface area contributed by atoms with Crippen LogP contribution in [-0.2, 0) is 4.74 Å². The number of amides is 1. The summed E-state index contributed by atoms with van der Waals surface area (Å²) in [5.74, 6) is 2.55. The van der Waals surface area contributed by atoms with Gasteiger partial charge in [0.05, 0.1) is 12.4 Å². The van der Waals surface area contributed by atoms with Gasteiger partial charge in [-0.2, -0.15) is 0 Å². The van der Waals surface area contributed by atoms with Crippen molar-refractivity contribution in [3.63, 3.8) is 0 Å². The van der Waals surface area contributed by atoms with Crippen LogP contribution < -0.4 is 0 Å². The van der Waals surface area contributed by atoms with E-state index in [0.717, 1.165) is 38.1 Å². The van der Waals surface area contributed by atoms with Gasteiger partial charge in [-0.05, 0) is 43.7 Å². The van der Waals surface area contributed by atoms with Crippen molar-refractivity contribution in [1.82, 2.24) is 15.1 Å². The Bertz CT molecular complexity index is 737. The van der Waals surface area contributed by atoms with Gasteiger partial charge in [0, 0.05) is 19.0 Å². The van der Waals surface area contributed by atoms with Crippen LogP contribution in [0, 0.1) is 5.92 Å². The molecule has 0 bridgehead atoms. The second-order valence-electron chi connectivity index (χ2n) is 6.93. The van der Waals surface area contributed by atoms with E-state index in [-0.39, 0.29) is 18.1 Å². The van der Waals surface area contributed by atoms with Crippen LogP contribution >= 0.6 is 0 Å². The van der Waals surface area contributed by atoms with Gasteiger partial charge in [-0.3, -0.25) is 4.79 Å². The molecule has 1 amide bonds. The smallest absolute Gasteiger partial charge is 0.289 e. The zero-order chi connectivity index (χ0) is 16.1. The van der Waals surface area contributed by atoms with Crippen molar-refractivity contribution in [3.05, 3.63) is 35.9 Å². The van der Waals surface area contributed by atoms with Crippen LogP contribution in [0.3, 0.4) is 0 Å². The van der Waals surface area contributed by atoms with Crippen LogP contribution in [0.2, 0.25) is 0 Å². The highest BCUT2D eigenvalue weighted by molar-refractivity contribution is 5.91. The van der Waals surface area contributed by atoms with Gasteiger partial charge in [0.2, 0.25) is 11.8 Å². The monoisotopic (exact) mass is 329 g/mol. The number of fused-ring (bicyclic) bond motifs is 1. The molecular formula is C17H19N3O4. The highest BCUT2D eigenvalue weighted by Crippen LogP contribution is 2.43. The van der Waals surface area contributed by atoms with E-state index in [9.17, 15) is 4.79 Å². The van der Waals surface area contributed by atoms with E-state index >= 15 is 0 Å². The molecule has 2 aromatic rings. The van der Waals surface area contributed by atoms with Gasteiger partial charge in [-0.15, -0.1) is 10.2 Å². The number of rotatable bonds is 3. The number of furan rings is 1. The minimum absolute atomic E-state index is 0.0268. The van der Waals surface area contributed by atoms with Crippen LogP contribution in [0.25, 0.3) is 0 Å². The number of nitrogens with zero attached hydrogens (tertiary/aromatic N) is 3. The average Bonchev–Trinajstić information content (AvgIpc) is 3.06. The van der Waals surface area contributed by atoms with E-state index in [1.165, 1.54) is 6.26 Å². The van der Waals surface area contributed by atoms with E-state index in [4.69, 9.17) is 13.6 Å². The predicted octanol–water partition coefficient (Wildman–Crippen LogP) is 2.53. The van der Waals surface area contributed by atoms with Crippen LogP contribution in [0.1, 0.15) is 60.0 Å². The number of carbonyl (C=O) groups is 1. The lowest BCUT2D eigenvalue weighted by Crippen LogP contribution is -2.45. The van der Waals surface area contributed by atoms with E-state index in [0.29, 0.717) is 30.0 Å². The molecule has 0 unspecified atom stereocenters. The van der Waals surface area contributed by atoms with Crippen molar-refractivity contribution in [2.24, 2.45) is 5.92 Å². The van der Waals surface area contributed by atoms with Crippen LogP contribution in [0.5, 0.6) is 0 Å². The molecule has 3 atom stereocenters. The molecule has 1 saturated carbocycles. The van der Waals surface area contributed by atoms with Gasteiger partial charge in [0.1, 0.15) is 6.10 Å². The lowest BCUT2D eigenvalue weighted by atomic mass is 9.91.